The molecule has 7 nitrogen and oxygen atoms in total. The zero-order valence-electron chi connectivity index (χ0n) is 8.21. The van der Waals surface area contributed by atoms with Gasteiger partial charge in [0, 0.05) is 0 Å². The van der Waals surface area contributed by atoms with Gasteiger partial charge in [-0.2, -0.15) is 0 Å². The maximum atomic E-state index is 11.3. The molecule has 0 spiro atoms. The molecule has 0 radical (unpaired) electrons. The Morgan fingerprint density at radius 3 is 2.53 bits per heavy atom. The highest BCUT2D eigenvalue weighted by atomic mass is 16.5. The van der Waals surface area contributed by atoms with Crippen molar-refractivity contribution in [3.8, 4) is 0 Å². The topological polar surface area (TPSA) is 83.3 Å². The van der Waals surface area contributed by atoms with E-state index in [4.69, 9.17) is 0 Å². The van der Waals surface area contributed by atoms with Crippen molar-refractivity contribution >= 4 is 17.6 Å². The summed E-state index contributed by atoms with van der Waals surface area (Å²) in [5.74, 6) is -1.38. The van der Waals surface area contributed by atoms with Crippen LogP contribution >= 0.6 is 0 Å². The Hall–Kier alpha value is -2.18. The molecule has 0 bridgehead atoms. The van der Waals surface area contributed by atoms with Gasteiger partial charge in [0.15, 0.2) is 5.70 Å². The van der Waals surface area contributed by atoms with Crippen LogP contribution in [0.2, 0.25) is 0 Å². The second kappa shape index (κ2) is 4.89. The fourth-order valence-corrected chi connectivity index (χ4v) is 0.830. The van der Waals surface area contributed by atoms with E-state index in [0.29, 0.717) is 0 Å². The molecule has 1 rings (SSSR count). The third-order valence-electron chi connectivity index (χ3n) is 1.52. The summed E-state index contributed by atoms with van der Waals surface area (Å²) >= 11 is 0. The number of nitrogens with zero attached hydrogens (tertiary/aromatic N) is 3. The van der Waals surface area contributed by atoms with E-state index in [2.05, 4.69) is 19.8 Å². The molecule has 0 atom stereocenters. The monoisotopic (exact) mass is 211 g/mol. The van der Waals surface area contributed by atoms with Gasteiger partial charge in [-0.25, -0.2) is 14.3 Å². The Morgan fingerprint density at radius 1 is 1.33 bits per heavy atom. The Bertz CT molecular complexity index is 383. The minimum absolute atomic E-state index is 0.0677. The molecule has 1 heterocycles. The van der Waals surface area contributed by atoms with Gasteiger partial charge < -0.3 is 9.47 Å². The van der Waals surface area contributed by atoms with Crippen molar-refractivity contribution in [2.24, 2.45) is 0 Å². The number of methoxy groups -OCH3 is 2. The average Bonchev–Trinajstić information content (AvgIpc) is 2.77. The predicted molar refractivity (Wildman–Crippen MR) is 48.3 cm³/mol. The quantitative estimate of drug-likeness (QED) is 0.493. The molecular weight excluding hydrogens is 202 g/mol. The third-order valence-corrected chi connectivity index (χ3v) is 1.52. The maximum Gasteiger partial charge on any atom is 0.357 e. The van der Waals surface area contributed by atoms with Crippen molar-refractivity contribution in [1.82, 2.24) is 15.0 Å². The largest absolute Gasteiger partial charge is 0.466 e. The molecule has 0 N–H and O–H groups in total. The summed E-state index contributed by atoms with van der Waals surface area (Å²) in [6.07, 6.45) is 3.75. The summed E-state index contributed by atoms with van der Waals surface area (Å²) in [7, 11) is 2.40. The number of ether oxygens (including phenoxy) is 2. The number of aromatic nitrogens is 3. The van der Waals surface area contributed by atoms with E-state index < -0.39 is 11.9 Å². The first-order valence-electron chi connectivity index (χ1n) is 3.93. The second-order valence-corrected chi connectivity index (χ2v) is 2.39. The van der Waals surface area contributed by atoms with Crippen molar-refractivity contribution in [3.05, 3.63) is 18.5 Å². The molecule has 0 amide bonds. The van der Waals surface area contributed by atoms with E-state index in [1.165, 1.54) is 26.6 Å². The predicted octanol–water partition coefficient (Wildman–Crippen LogP) is -0.535. The van der Waals surface area contributed by atoms with Crippen molar-refractivity contribution < 1.29 is 19.1 Å². The molecule has 0 aliphatic carbocycles. The van der Waals surface area contributed by atoms with Gasteiger partial charge in [0.1, 0.15) is 0 Å². The Morgan fingerprint density at radius 2 is 2.07 bits per heavy atom. The van der Waals surface area contributed by atoms with Gasteiger partial charge in [0.05, 0.1) is 32.7 Å². The summed E-state index contributed by atoms with van der Waals surface area (Å²) < 4.78 is 9.98. The molecule has 15 heavy (non-hydrogen) atoms. The standard InChI is InChI=1S/C8H9N3O4/c1-14-7(12)5-6(8(13)15-2)11-4-3-9-10-11/h3-5H,1-2H3. The lowest BCUT2D eigenvalue weighted by atomic mass is 10.4. The average molecular weight is 211 g/mol. The van der Waals surface area contributed by atoms with Crippen LogP contribution in [0.5, 0.6) is 0 Å². The van der Waals surface area contributed by atoms with Gasteiger partial charge >= 0.3 is 11.9 Å². The normalized spacial score (nSPS) is 10.9. The SMILES string of the molecule is COC(=O)C=C(C(=O)OC)n1ccnn1. The van der Waals surface area contributed by atoms with Crippen LogP contribution in [0.15, 0.2) is 18.5 Å². The van der Waals surface area contributed by atoms with Crippen LogP contribution in [0.3, 0.4) is 0 Å². The van der Waals surface area contributed by atoms with E-state index in [1.807, 2.05) is 0 Å². The minimum Gasteiger partial charge on any atom is -0.466 e. The van der Waals surface area contributed by atoms with E-state index in [-0.39, 0.29) is 5.70 Å². The molecule has 1 aromatic heterocycles. The fourth-order valence-electron chi connectivity index (χ4n) is 0.830. The van der Waals surface area contributed by atoms with E-state index in [1.54, 1.807) is 0 Å². The van der Waals surface area contributed by atoms with Gasteiger partial charge in [-0.3, -0.25) is 0 Å². The summed E-state index contributed by atoms with van der Waals surface area (Å²) in [4.78, 5) is 22.2. The van der Waals surface area contributed by atoms with Crippen LogP contribution in [0.1, 0.15) is 0 Å². The first-order chi connectivity index (χ1) is 7.19. The summed E-state index contributed by atoms with van der Waals surface area (Å²) in [6, 6.07) is 0. The number of hydrogen-bond donors (Lipinski definition) is 0. The molecular formula is C8H9N3O4. The fraction of sp³-hybridized carbons (Fsp3) is 0.250. The van der Waals surface area contributed by atoms with E-state index in [0.717, 1.165) is 10.8 Å². The molecule has 1 aromatic rings. The Labute approximate surface area is 85.3 Å². The number of rotatable bonds is 3. The van der Waals surface area contributed by atoms with E-state index in [9.17, 15) is 9.59 Å². The highest BCUT2D eigenvalue weighted by Crippen LogP contribution is 2.04. The smallest absolute Gasteiger partial charge is 0.357 e. The molecule has 7 heteroatoms. The van der Waals surface area contributed by atoms with Gasteiger partial charge in [0.25, 0.3) is 0 Å². The van der Waals surface area contributed by atoms with Crippen LogP contribution in [0.4, 0.5) is 0 Å². The van der Waals surface area contributed by atoms with Crippen LogP contribution in [-0.2, 0) is 19.1 Å². The van der Waals surface area contributed by atoms with Gasteiger partial charge in [-0.1, -0.05) is 5.21 Å². The molecule has 0 fully saturated rings. The lowest BCUT2D eigenvalue weighted by Gasteiger charge is -2.03. The van der Waals surface area contributed by atoms with Crippen molar-refractivity contribution in [3.63, 3.8) is 0 Å². The molecule has 80 valence electrons. The summed E-state index contributed by atoms with van der Waals surface area (Å²) in [6.45, 7) is 0. The number of esters is 2. The first kappa shape index (κ1) is 10.9. The molecule has 0 saturated heterocycles. The van der Waals surface area contributed by atoms with Crippen LogP contribution in [-0.4, -0.2) is 41.2 Å². The van der Waals surface area contributed by atoms with Crippen molar-refractivity contribution in [2.45, 2.75) is 0 Å². The van der Waals surface area contributed by atoms with Crippen molar-refractivity contribution in [1.29, 1.82) is 0 Å². The Balaban J connectivity index is 3.04. The lowest BCUT2D eigenvalue weighted by Crippen LogP contribution is -2.13. The maximum absolute atomic E-state index is 11.3. The zero-order valence-corrected chi connectivity index (χ0v) is 8.21. The summed E-state index contributed by atoms with van der Waals surface area (Å²) in [5.41, 5.74) is -0.0677. The van der Waals surface area contributed by atoms with Crippen LogP contribution < -0.4 is 0 Å². The van der Waals surface area contributed by atoms with Gasteiger partial charge in [-0.05, 0) is 0 Å². The van der Waals surface area contributed by atoms with Crippen LogP contribution in [0, 0.1) is 0 Å². The summed E-state index contributed by atoms with van der Waals surface area (Å²) in [5, 5.41) is 7.07. The van der Waals surface area contributed by atoms with Crippen LogP contribution in [0.25, 0.3) is 5.70 Å². The Kier molecular flexibility index (Phi) is 3.55. The molecule has 0 aliphatic rings. The van der Waals surface area contributed by atoms with Crippen molar-refractivity contribution in [2.75, 3.05) is 14.2 Å². The highest BCUT2D eigenvalue weighted by molar-refractivity contribution is 6.14. The lowest BCUT2D eigenvalue weighted by molar-refractivity contribution is -0.137. The molecule has 0 aromatic carbocycles. The van der Waals surface area contributed by atoms with E-state index >= 15 is 0 Å². The first-order valence-corrected chi connectivity index (χ1v) is 3.93. The van der Waals surface area contributed by atoms with Gasteiger partial charge in [-0.15, -0.1) is 5.10 Å². The zero-order chi connectivity index (χ0) is 11.3. The number of hydrogen-bond acceptors (Lipinski definition) is 6. The second-order valence-electron chi connectivity index (χ2n) is 2.39. The molecule has 0 aliphatic heterocycles. The molecule has 0 unspecified atom stereocenters. The third kappa shape index (κ3) is 2.63. The van der Waals surface area contributed by atoms with Gasteiger partial charge in [0.2, 0.25) is 0 Å². The molecule has 0 saturated carbocycles. The number of carbonyl (C=O) groups is 2. The highest BCUT2D eigenvalue weighted by Gasteiger charge is 2.14. The number of carbonyl (C=O) groups excluding carboxylic acids is 2. The minimum atomic E-state index is -0.703.